The van der Waals surface area contributed by atoms with Crippen LogP contribution >= 0.6 is 0 Å². The first kappa shape index (κ1) is 14.6. The number of piperidine rings is 1. The van der Waals surface area contributed by atoms with Gasteiger partial charge < -0.3 is 14.7 Å². The minimum absolute atomic E-state index is 0.0746. The van der Waals surface area contributed by atoms with Gasteiger partial charge in [0.25, 0.3) is 0 Å². The van der Waals surface area contributed by atoms with Crippen LogP contribution in [0.15, 0.2) is 23.3 Å². The van der Waals surface area contributed by atoms with Crippen molar-refractivity contribution < 1.29 is 14.6 Å². The first-order valence-corrected chi connectivity index (χ1v) is 8.38. The summed E-state index contributed by atoms with van der Waals surface area (Å²) in [5.74, 6) is 0.310. The highest BCUT2D eigenvalue weighted by Gasteiger charge is 2.64. The standard InChI is InChI=1S/C18H25NO3/c1-19-8-7-17-11-13(20)5-6-18(17,21)16(19)9-12-3-4-14(22-2)10-15(12)17/h3-4,14,16,21H,5-11H2,1-2H3/t14?,16-,17-,18-/m1/s1. The number of likely N-dealkylation sites (tertiary alicyclic amines) is 1. The van der Waals surface area contributed by atoms with Crippen LogP contribution in [0.25, 0.3) is 0 Å². The molecule has 0 radical (unpaired) electrons. The van der Waals surface area contributed by atoms with Crippen molar-refractivity contribution in [3.63, 3.8) is 0 Å². The number of hydrogen-bond acceptors (Lipinski definition) is 4. The fourth-order valence-corrected chi connectivity index (χ4v) is 5.46. The second-order valence-corrected chi connectivity index (χ2v) is 7.51. The summed E-state index contributed by atoms with van der Waals surface area (Å²) in [4.78, 5) is 14.6. The van der Waals surface area contributed by atoms with Crippen molar-refractivity contribution in [2.75, 3.05) is 20.7 Å². The summed E-state index contributed by atoms with van der Waals surface area (Å²) in [7, 11) is 3.84. The van der Waals surface area contributed by atoms with Crippen LogP contribution in [0.4, 0.5) is 0 Å². The minimum Gasteiger partial charge on any atom is -0.387 e. The van der Waals surface area contributed by atoms with E-state index < -0.39 is 5.60 Å². The molecule has 22 heavy (non-hydrogen) atoms. The van der Waals surface area contributed by atoms with Gasteiger partial charge in [-0.2, -0.15) is 0 Å². The quantitative estimate of drug-likeness (QED) is 0.803. The second-order valence-electron chi connectivity index (χ2n) is 7.51. The number of rotatable bonds is 1. The predicted octanol–water partition coefficient (Wildman–Crippen LogP) is 1.84. The molecule has 0 aromatic carbocycles. The van der Waals surface area contributed by atoms with Crippen molar-refractivity contribution in [3.05, 3.63) is 23.3 Å². The van der Waals surface area contributed by atoms with Crippen molar-refractivity contribution in [2.45, 2.75) is 56.3 Å². The molecule has 0 spiro atoms. The number of likely N-dealkylation sites (N-methyl/N-ethyl adjacent to an activating group) is 1. The number of ketones is 1. The summed E-state index contributed by atoms with van der Waals surface area (Å²) in [6.07, 6.45) is 8.63. The Labute approximate surface area is 131 Å². The van der Waals surface area contributed by atoms with Crippen molar-refractivity contribution in [2.24, 2.45) is 5.41 Å². The van der Waals surface area contributed by atoms with Gasteiger partial charge in [0.15, 0.2) is 0 Å². The van der Waals surface area contributed by atoms with E-state index in [1.165, 1.54) is 11.1 Å². The molecule has 1 heterocycles. The lowest BCUT2D eigenvalue weighted by Gasteiger charge is -2.64. The molecule has 0 amide bonds. The highest BCUT2D eigenvalue weighted by atomic mass is 16.5. The number of carbonyl (C=O) groups is 1. The summed E-state index contributed by atoms with van der Waals surface area (Å²) in [6, 6.07) is 0.136. The van der Waals surface area contributed by atoms with E-state index in [0.717, 1.165) is 25.8 Å². The zero-order chi connectivity index (χ0) is 15.5. The Hall–Kier alpha value is -0.970. The lowest BCUT2D eigenvalue weighted by molar-refractivity contribution is -0.185. The number of ether oxygens (including phenoxy) is 1. The molecule has 4 heteroatoms. The summed E-state index contributed by atoms with van der Waals surface area (Å²) < 4.78 is 5.54. The van der Waals surface area contributed by atoms with Crippen LogP contribution < -0.4 is 0 Å². The zero-order valence-electron chi connectivity index (χ0n) is 13.5. The molecule has 2 fully saturated rings. The first-order chi connectivity index (χ1) is 10.5. The summed E-state index contributed by atoms with van der Waals surface area (Å²) >= 11 is 0. The van der Waals surface area contributed by atoms with Crippen molar-refractivity contribution in [3.8, 4) is 0 Å². The normalized spacial score (nSPS) is 44.8. The lowest BCUT2D eigenvalue weighted by Crippen LogP contribution is -2.70. The van der Waals surface area contributed by atoms with Crippen LogP contribution in [0.1, 0.15) is 38.5 Å². The highest BCUT2D eigenvalue weighted by Crippen LogP contribution is 2.61. The van der Waals surface area contributed by atoms with Crippen LogP contribution in [0.2, 0.25) is 0 Å². The third-order valence-corrected chi connectivity index (χ3v) is 6.69. The Morgan fingerprint density at radius 2 is 2.18 bits per heavy atom. The molecule has 0 aromatic heterocycles. The molecule has 1 saturated carbocycles. The average Bonchev–Trinajstić information content (AvgIpc) is 2.51. The second kappa shape index (κ2) is 4.76. The van der Waals surface area contributed by atoms with Gasteiger partial charge in [-0.25, -0.2) is 0 Å². The molecule has 2 bridgehead atoms. The molecule has 3 aliphatic carbocycles. The van der Waals surface area contributed by atoms with Gasteiger partial charge in [0.2, 0.25) is 0 Å². The molecule has 4 aliphatic rings. The summed E-state index contributed by atoms with van der Waals surface area (Å²) in [5.41, 5.74) is 1.54. The number of Topliss-reactive ketones (excluding diaryl/α,β-unsaturated/α-hetero) is 1. The third-order valence-electron chi connectivity index (χ3n) is 6.69. The molecule has 1 N–H and O–H groups in total. The van der Waals surface area contributed by atoms with E-state index >= 15 is 0 Å². The van der Waals surface area contributed by atoms with Crippen molar-refractivity contribution >= 4 is 5.78 Å². The highest BCUT2D eigenvalue weighted by molar-refractivity contribution is 5.82. The van der Waals surface area contributed by atoms with Crippen molar-refractivity contribution in [1.29, 1.82) is 0 Å². The van der Waals surface area contributed by atoms with Gasteiger partial charge in [-0.1, -0.05) is 17.7 Å². The van der Waals surface area contributed by atoms with Crippen LogP contribution in [0.3, 0.4) is 0 Å². The van der Waals surface area contributed by atoms with Gasteiger partial charge in [-0.15, -0.1) is 0 Å². The summed E-state index contributed by atoms with van der Waals surface area (Å²) in [5, 5.41) is 11.7. The van der Waals surface area contributed by atoms with E-state index in [2.05, 4.69) is 24.1 Å². The molecule has 4 nitrogen and oxygen atoms in total. The predicted molar refractivity (Wildman–Crippen MR) is 83.5 cm³/mol. The Kier molecular flexibility index (Phi) is 3.16. The van der Waals surface area contributed by atoms with Gasteiger partial charge in [0, 0.05) is 31.4 Å². The maximum absolute atomic E-state index is 12.3. The number of allylic oxidation sites excluding steroid dienone is 1. The van der Waals surface area contributed by atoms with Crippen LogP contribution in [0.5, 0.6) is 0 Å². The molecule has 0 aromatic rings. The molecule has 4 atom stereocenters. The molecule has 1 aliphatic heterocycles. The monoisotopic (exact) mass is 303 g/mol. The maximum Gasteiger partial charge on any atom is 0.134 e. The Morgan fingerprint density at radius 1 is 1.36 bits per heavy atom. The molecular weight excluding hydrogens is 278 g/mol. The zero-order valence-corrected chi connectivity index (χ0v) is 13.5. The van der Waals surface area contributed by atoms with Crippen LogP contribution in [0, 0.1) is 5.41 Å². The summed E-state index contributed by atoms with van der Waals surface area (Å²) in [6.45, 7) is 0.957. The Bertz CT molecular complexity index is 581. The Morgan fingerprint density at radius 3 is 2.95 bits per heavy atom. The molecule has 120 valence electrons. The fraction of sp³-hybridized carbons (Fsp3) is 0.722. The number of nitrogens with zero attached hydrogens (tertiary/aromatic N) is 1. The molecule has 1 unspecified atom stereocenters. The van der Waals surface area contributed by atoms with E-state index in [4.69, 9.17) is 4.74 Å². The molecule has 1 saturated heterocycles. The smallest absolute Gasteiger partial charge is 0.134 e. The largest absolute Gasteiger partial charge is 0.387 e. The SMILES string of the molecule is COC1C=CC2=C(C1)[C@]13CCN(C)[C@H](C2)[C@]1(O)CCC(=O)C3. The van der Waals surface area contributed by atoms with E-state index in [1.807, 2.05) is 0 Å². The topological polar surface area (TPSA) is 49.8 Å². The van der Waals surface area contributed by atoms with Crippen molar-refractivity contribution in [1.82, 2.24) is 4.90 Å². The van der Waals surface area contributed by atoms with E-state index in [0.29, 0.717) is 25.0 Å². The fourth-order valence-electron chi connectivity index (χ4n) is 5.46. The minimum atomic E-state index is -0.754. The number of methoxy groups -OCH3 is 1. The van der Waals surface area contributed by atoms with Crippen LogP contribution in [-0.2, 0) is 9.53 Å². The average molecular weight is 303 g/mol. The number of aliphatic hydroxyl groups is 1. The van der Waals surface area contributed by atoms with Gasteiger partial charge in [0.1, 0.15) is 5.78 Å². The van der Waals surface area contributed by atoms with Gasteiger partial charge in [0.05, 0.1) is 11.7 Å². The van der Waals surface area contributed by atoms with Gasteiger partial charge in [-0.05, 0) is 44.8 Å². The number of carbonyl (C=O) groups excluding carboxylic acids is 1. The van der Waals surface area contributed by atoms with Gasteiger partial charge >= 0.3 is 0 Å². The maximum atomic E-state index is 12.3. The van der Waals surface area contributed by atoms with E-state index in [-0.39, 0.29) is 17.6 Å². The third kappa shape index (κ3) is 1.72. The molecular formula is C18H25NO3. The van der Waals surface area contributed by atoms with E-state index in [1.54, 1.807) is 7.11 Å². The number of hydrogen-bond donors (Lipinski definition) is 1. The van der Waals surface area contributed by atoms with Gasteiger partial charge in [-0.3, -0.25) is 4.79 Å². The molecule has 4 rings (SSSR count). The van der Waals surface area contributed by atoms with Crippen LogP contribution in [-0.4, -0.2) is 54.2 Å². The Balaban J connectivity index is 1.87. The lowest BCUT2D eigenvalue weighted by atomic mass is 9.48. The first-order valence-electron chi connectivity index (χ1n) is 8.38. The van der Waals surface area contributed by atoms with E-state index in [9.17, 15) is 9.90 Å².